The smallest absolute Gasteiger partial charge is 0.316 e. The minimum absolute atomic E-state index is 0. The zero-order valence-corrected chi connectivity index (χ0v) is 11.6. The fraction of sp³-hybridized carbons (Fsp3) is 0. The van der Waals surface area contributed by atoms with Crippen LogP contribution in [-0.2, 0) is 13.4 Å². The molecule has 0 radical (unpaired) electrons. The first-order valence-corrected chi connectivity index (χ1v) is 5.51. The van der Waals surface area contributed by atoms with Crippen molar-refractivity contribution in [3.8, 4) is 0 Å². The van der Waals surface area contributed by atoms with Gasteiger partial charge in [0, 0.05) is 27.5 Å². The van der Waals surface area contributed by atoms with Crippen molar-refractivity contribution in [2.24, 2.45) is 0 Å². The van der Waals surface area contributed by atoms with E-state index in [1.54, 1.807) is 0 Å². The summed E-state index contributed by atoms with van der Waals surface area (Å²) in [5.41, 5.74) is 0. The second kappa shape index (κ2) is 50.4. The Morgan fingerprint density at radius 3 is 0.500 bits per heavy atom. The molecule has 0 atom stereocenters. The normalized spacial score (nSPS) is 4.00. The number of hydrogen-bond donors (Lipinski definition) is 0. The summed E-state index contributed by atoms with van der Waals surface area (Å²) >= 11 is 0. The molecular formula is H6Al2Li2Mg2O9Si3. The maximum Gasteiger partial charge on any atom is 0.316 e. The number of hydrogen-bond acceptors (Lipinski definition) is 9. The van der Waals surface area contributed by atoms with Gasteiger partial charge in [-0.2, -0.15) is 0 Å². The van der Waals surface area contributed by atoms with Crippen LogP contribution in [0.25, 0.3) is 0 Å². The fourth-order valence-corrected chi connectivity index (χ4v) is 0. The molecule has 0 unspecified atom stereocenters. The van der Waals surface area contributed by atoms with E-state index in [-0.39, 0.29) is 119 Å². The molecule has 0 rings (SSSR count). The van der Waals surface area contributed by atoms with E-state index in [0.717, 1.165) is 0 Å². The molecule has 0 aromatic carbocycles. The van der Waals surface area contributed by atoms with Crippen LogP contribution in [0.2, 0.25) is 0 Å². The summed E-state index contributed by atoms with van der Waals surface area (Å²) in [6.07, 6.45) is 0. The Morgan fingerprint density at radius 2 is 0.500 bits per heavy atom. The first-order valence-electron chi connectivity index (χ1n) is 1.84. The Labute approximate surface area is 185 Å². The van der Waals surface area contributed by atoms with Gasteiger partial charge in [-0.15, -0.1) is 0 Å². The van der Waals surface area contributed by atoms with E-state index in [0.29, 0.717) is 0 Å². The van der Waals surface area contributed by atoms with Crippen LogP contribution in [0.5, 0.6) is 0 Å². The molecule has 0 fully saturated rings. The van der Waals surface area contributed by atoms with E-state index in [1.165, 1.54) is 0 Å². The molecule has 18 heavy (non-hydrogen) atoms. The average Bonchev–Trinajstić information content (AvgIpc) is 1.54. The largest absolute Gasteiger partial charge is 0.316 e. The van der Waals surface area contributed by atoms with Crippen LogP contribution in [0.1, 0.15) is 0 Å². The molecule has 0 bridgehead atoms. The Morgan fingerprint density at radius 1 is 0.500 bits per heavy atom. The molecular weight excluding hydrogens is 345 g/mol. The SMILES string of the molecule is O=[Si]([O-])[O-].O=[Si]([O-])[O-].O=[Si]([O-])[O-].[Al+3].[Al+3].[LiH].[LiH].[MgH2].[MgH2]. The molecule has 0 amide bonds. The first-order chi connectivity index (χ1) is 5.20. The second-order valence-electron chi connectivity index (χ2n) is 0.750. The van der Waals surface area contributed by atoms with E-state index in [9.17, 15) is 0 Å². The summed E-state index contributed by atoms with van der Waals surface area (Å²) < 4.78 is 25.6. The minimum atomic E-state index is -3.63. The van der Waals surface area contributed by atoms with E-state index in [4.69, 9.17) is 42.2 Å². The van der Waals surface area contributed by atoms with Gasteiger partial charge in [0.2, 0.25) is 0 Å². The van der Waals surface area contributed by atoms with Crippen molar-refractivity contribution in [1.29, 1.82) is 0 Å². The number of rotatable bonds is 0. The topological polar surface area (TPSA) is 190 Å². The van der Waals surface area contributed by atoms with Crippen LogP contribution in [0, 0.1) is 0 Å². The molecule has 0 aliphatic heterocycles. The predicted molar refractivity (Wildman–Crippen MR) is 62.2 cm³/mol. The van der Waals surface area contributed by atoms with Gasteiger partial charge in [-0.25, -0.2) is 0 Å². The van der Waals surface area contributed by atoms with Crippen molar-refractivity contribution in [1.82, 2.24) is 0 Å². The standard InChI is InChI=1S/2Al.2Li.2Mg.3O3Si.6H/c;;;;;;3*1-4(2)3;;;;;;/q2*+3;;;;;3*-2;;;;;;. The molecule has 0 saturated carbocycles. The molecule has 0 N–H and O–H groups in total. The van der Waals surface area contributed by atoms with Crippen LogP contribution < -0.4 is 28.8 Å². The van der Waals surface area contributed by atoms with Crippen molar-refractivity contribution in [2.45, 2.75) is 0 Å². The van der Waals surface area contributed by atoms with Gasteiger partial charge in [-0.3, -0.25) is 0 Å². The molecule has 18 heteroatoms. The van der Waals surface area contributed by atoms with Gasteiger partial charge in [0.15, 0.2) is 0 Å². The van der Waals surface area contributed by atoms with Crippen molar-refractivity contribution >= 4 is 146 Å². The molecule has 84 valence electrons. The van der Waals surface area contributed by atoms with Crippen LogP contribution in [0.4, 0.5) is 0 Å². The zero-order chi connectivity index (χ0) is 10.7. The van der Waals surface area contributed by atoms with Gasteiger partial charge < -0.3 is 42.2 Å². The van der Waals surface area contributed by atoms with Crippen molar-refractivity contribution in [3.05, 3.63) is 0 Å². The molecule has 0 heterocycles. The maximum absolute atomic E-state index is 8.52. The molecule has 0 aromatic heterocycles. The summed E-state index contributed by atoms with van der Waals surface area (Å²) in [5, 5.41) is 0. The van der Waals surface area contributed by atoms with E-state index in [1.807, 2.05) is 0 Å². The maximum atomic E-state index is 8.52. The van der Waals surface area contributed by atoms with Gasteiger partial charge in [-0.05, 0) is 0 Å². The monoisotopic (exact) mass is 350 g/mol. The Bertz CT molecular complexity index is 133. The van der Waals surface area contributed by atoms with E-state index >= 15 is 0 Å². The van der Waals surface area contributed by atoms with Crippen LogP contribution in [0.15, 0.2) is 0 Å². The van der Waals surface area contributed by atoms with Crippen LogP contribution in [0.3, 0.4) is 0 Å². The van der Waals surface area contributed by atoms with Gasteiger partial charge in [0.25, 0.3) is 0 Å². The Kier molecular flexibility index (Phi) is 164. The average molecular weight is 351 g/mol. The van der Waals surface area contributed by atoms with Crippen molar-refractivity contribution in [3.63, 3.8) is 0 Å². The van der Waals surface area contributed by atoms with Crippen LogP contribution >= 0.6 is 0 Å². The second-order valence-corrected chi connectivity index (χ2v) is 2.25. The summed E-state index contributed by atoms with van der Waals surface area (Å²) in [6, 6.07) is 0. The summed E-state index contributed by atoms with van der Waals surface area (Å²) in [4.78, 5) is 51.1. The molecule has 0 aliphatic carbocycles. The van der Waals surface area contributed by atoms with Crippen LogP contribution in [-0.4, -0.2) is 146 Å². The van der Waals surface area contributed by atoms with Gasteiger partial charge in [0.05, 0.1) is 0 Å². The third-order valence-electron chi connectivity index (χ3n) is 0. The van der Waals surface area contributed by atoms with E-state index in [2.05, 4.69) is 0 Å². The Balaban J connectivity index is -0.00000000827. The Hall–Kier alpha value is 2.64. The van der Waals surface area contributed by atoms with Crippen molar-refractivity contribution in [2.75, 3.05) is 0 Å². The molecule has 0 saturated heterocycles. The predicted octanol–water partition coefficient (Wildman–Crippen LogP) is -12.5. The summed E-state index contributed by atoms with van der Waals surface area (Å²) in [7, 11) is -10.9. The zero-order valence-electron chi connectivity index (χ0n) is 6.33. The summed E-state index contributed by atoms with van der Waals surface area (Å²) in [5.74, 6) is 0. The quantitative estimate of drug-likeness (QED) is 0.381. The fourth-order valence-electron chi connectivity index (χ4n) is 0. The minimum Gasteiger partial charge on any atom is 0.316 e. The van der Waals surface area contributed by atoms with Crippen molar-refractivity contribution < 1.29 is 42.2 Å². The molecule has 0 aliphatic rings. The summed E-state index contributed by atoms with van der Waals surface area (Å²) in [6.45, 7) is 0. The van der Waals surface area contributed by atoms with Gasteiger partial charge in [0.1, 0.15) is 0 Å². The molecule has 9 nitrogen and oxygen atoms in total. The third-order valence-corrected chi connectivity index (χ3v) is 0. The molecule has 0 aromatic rings. The first kappa shape index (κ1) is 58.8. The van der Waals surface area contributed by atoms with Gasteiger partial charge >= 0.3 is 119 Å². The van der Waals surface area contributed by atoms with E-state index < -0.39 is 27.5 Å². The third kappa shape index (κ3) is 831. The van der Waals surface area contributed by atoms with Gasteiger partial charge in [-0.1, -0.05) is 0 Å². The molecule has 0 spiro atoms.